The summed E-state index contributed by atoms with van der Waals surface area (Å²) in [6.45, 7) is 4.06. The lowest BCUT2D eigenvalue weighted by atomic mass is 10.0. The van der Waals surface area contributed by atoms with Crippen molar-refractivity contribution in [1.82, 2.24) is 15.0 Å². The summed E-state index contributed by atoms with van der Waals surface area (Å²) in [5.41, 5.74) is 10.4. The molecule has 0 spiro atoms. The van der Waals surface area contributed by atoms with Crippen molar-refractivity contribution in [3.05, 3.63) is 59.4 Å². The van der Waals surface area contributed by atoms with Crippen LogP contribution in [-0.2, 0) is 0 Å². The lowest BCUT2D eigenvalue weighted by molar-refractivity contribution is 0.628. The van der Waals surface area contributed by atoms with Gasteiger partial charge in [0.05, 0.1) is 0 Å². The second-order valence-corrected chi connectivity index (χ2v) is 7.01. The Kier molecular flexibility index (Phi) is 4.00. The standard InChI is InChI=1S/C19H16FN5S/c1-10-4-3-5-11(2)14(10)16-24-17(15-18(25-16)26-19(21)23-15)22-13-8-6-12(20)7-9-13/h3-9H,1-2H3,(H2,21,23)(H,22,24,25). The maximum Gasteiger partial charge on any atom is 0.182 e. The molecule has 0 unspecified atom stereocenters. The van der Waals surface area contributed by atoms with Gasteiger partial charge in [-0.25, -0.2) is 19.3 Å². The normalized spacial score (nSPS) is 11.0. The smallest absolute Gasteiger partial charge is 0.182 e. The van der Waals surface area contributed by atoms with Crippen LogP contribution in [-0.4, -0.2) is 15.0 Å². The molecule has 5 nitrogen and oxygen atoms in total. The molecular formula is C19H16FN5S. The van der Waals surface area contributed by atoms with Crippen LogP contribution in [0, 0.1) is 19.7 Å². The maximum atomic E-state index is 13.2. The summed E-state index contributed by atoms with van der Waals surface area (Å²) >= 11 is 1.32. The van der Waals surface area contributed by atoms with Crippen LogP contribution >= 0.6 is 11.3 Å². The van der Waals surface area contributed by atoms with Crippen LogP contribution in [0.25, 0.3) is 21.7 Å². The zero-order valence-electron chi connectivity index (χ0n) is 14.2. The van der Waals surface area contributed by atoms with Gasteiger partial charge in [-0.3, -0.25) is 0 Å². The van der Waals surface area contributed by atoms with Gasteiger partial charge in [-0.1, -0.05) is 29.5 Å². The van der Waals surface area contributed by atoms with Crippen molar-refractivity contribution in [2.45, 2.75) is 13.8 Å². The zero-order chi connectivity index (χ0) is 18.3. The number of thiazole rings is 1. The van der Waals surface area contributed by atoms with Crippen LogP contribution in [0.15, 0.2) is 42.5 Å². The van der Waals surface area contributed by atoms with Crippen LogP contribution in [0.4, 0.5) is 21.0 Å². The number of fused-ring (bicyclic) bond motifs is 1. The van der Waals surface area contributed by atoms with Gasteiger partial charge in [-0.15, -0.1) is 0 Å². The van der Waals surface area contributed by atoms with E-state index in [1.807, 2.05) is 32.0 Å². The lowest BCUT2D eigenvalue weighted by Gasteiger charge is -2.11. The van der Waals surface area contributed by atoms with E-state index >= 15 is 0 Å². The van der Waals surface area contributed by atoms with E-state index in [0.717, 1.165) is 16.7 Å². The summed E-state index contributed by atoms with van der Waals surface area (Å²) < 4.78 is 13.2. The van der Waals surface area contributed by atoms with Gasteiger partial charge in [-0.2, -0.15) is 0 Å². The summed E-state index contributed by atoms with van der Waals surface area (Å²) in [6, 6.07) is 12.2. The van der Waals surface area contributed by atoms with Crippen molar-refractivity contribution in [1.29, 1.82) is 0 Å². The van der Waals surface area contributed by atoms with Gasteiger partial charge in [-0.05, 0) is 49.2 Å². The highest BCUT2D eigenvalue weighted by Crippen LogP contribution is 2.33. The van der Waals surface area contributed by atoms with Crippen LogP contribution in [0.3, 0.4) is 0 Å². The predicted octanol–water partition coefficient (Wildman–Crippen LogP) is 4.84. The number of nitrogens with one attached hydrogen (secondary N) is 1. The third kappa shape index (κ3) is 2.97. The summed E-state index contributed by atoms with van der Waals surface area (Å²) in [7, 11) is 0. The number of nitrogens with two attached hydrogens (primary N) is 1. The van der Waals surface area contributed by atoms with Gasteiger partial charge in [0.25, 0.3) is 0 Å². The van der Waals surface area contributed by atoms with E-state index in [-0.39, 0.29) is 5.82 Å². The van der Waals surface area contributed by atoms with Crippen molar-refractivity contribution in [2.24, 2.45) is 0 Å². The Morgan fingerprint density at radius 3 is 2.35 bits per heavy atom. The van der Waals surface area contributed by atoms with Gasteiger partial charge < -0.3 is 11.1 Å². The van der Waals surface area contributed by atoms with Gasteiger partial charge in [0.15, 0.2) is 21.6 Å². The van der Waals surface area contributed by atoms with Crippen molar-refractivity contribution < 1.29 is 4.39 Å². The first-order chi connectivity index (χ1) is 12.5. The number of hydrogen-bond donors (Lipinski definition) is 2. The molecule has 0 aliphatic carbocycles. The molecule has 0 atom stereocenters. The first-order valence-corrected chi connectivity index (χ1v) is 8.86. The molecule has 2 aromatic heterocycles. The minimum absolute atomic E-state index is 0.294. The highest BCUT2D eigenvalue weighted by atomic mass is 32.1. The third-order valence-electron chi connectivity index (χ3n) is 4.09. The minimum atomic E-state index is -0.294. The number of aromatic nitrogens is 3. The Balaban J connectivity index is 1.89. The molecule has 0 bridgehead atoms. The molecule has 7 heteroatoms. The zero-order valence-corrected chi connectivity index (χ0v) is 15.1. The molecule has 0 aliphatic rings. The molecule has 2 heterocycles. The molecule has 0 amide bonds. The number of benzene rings is 2. The topological polar surface area (TPSA) is 76.7 Å². The number of anilines is 3. The molecule has 0 saturated carbocycles. The molecule has 0 radical (unpaired) electrons. The predicted molar refractivity (Wildman–Crippen MR) is 104 cm³/mol. The van der Waals surface area contributed by atoms with E-state index in [0.29, 0.717) is 32.8 Å². The molecule has 26 heavy (non-hydrogen) atoms. The fourth-order valence-corrected chi connectivity index (χ4v) is 3.58. The number of rotatable bonds is 3. The molecule has 0 saturated heterocycles. The Hall–Kier alpha value is -3.06. The third-order valence-corrected chi connectivity index (χ3v) is 4.87. The van der Waals surface area contributed by atoms with Gasteiger partial charge in [0, 0.05) is 11.3 Å². The Morgan fingerprint density at radius 2 is 1.65 bits per heavy atom. The molecule has 3 N–H and O–H groups in total. The van der Waals surface area contributed by atoms with Gasteiger partial charge in [0.1, 0.15) is 11.3 Å². The lowest BCUT2D eigenvalue weighted by Crippen LogP contribution is -2.00. The Labute approximate surface area is 153 Å². The van der Waals surface area contributed by atoms with Crippen LogP contribution in [0.2, 0.25) is 0 Å². The molecule has 0 aliphatic heterocycles. The number of nitrogens with zero attached hydrogens (tertiary/aromatic N) is 3. The highest BCUT2D eigenvalue weighted by Gasteiger charge is 2.16. The number of aryl methyl sites for hydroxylation is 2. The van der Waals surface area contributed by atoms with Crippen molar-refractivity contribution >= 4 is 38.3 Å². The van der Waals surface area contributed by atoms with E-state index in [1.165, 1.54) is 23.5 Å². The van der Waals surface area contributed by atoms with E-state index in [2.05, 4.69) is 15.3 Å². The number of halogens is 1. The summed E-state index contributed by atoms with van der Waals surface area (Å²) in [5.74, 6) is 0.867. The average Bonchev–Trinajstić information content (AvgIpc) is 2.97. The summed E-state index contributed by atoms with van der Waals surface area (Å²) in [5, 5.41) is 3.63. The van der Waals surface area contributed by atoms with E-state index in [9.17, 15) is 4.39 Å². The molecule has 0 fully saturated rings. The van der Waals surface area contributed by atoms with Crippen LogP contribution < -0.4 is 11.1 Å². The number of hydrogen-bond acceptors (Lipinski definition) is 6. The maximum absolute atomic E-state index is 13.2. The highest BCUT2D eigenvalue weighted by molar-refractivity contribution is 7.21. The molecule has 4 rings (SSSR count). The average molecular weight is 365 g/mol. The van der Waals surface area contributed by atoms with Crippen LogP contribution in [0.1, 0.15) is 11.1 Å². The van der Waals surface area contributed by atoms with E-state index in [4.69, 9.17) is 10.7 Å². The number of nitrogen functional groups attached to an aromatic ring is 1. The van der Waals surface area contributed by atoms with Gasteiger partial charge >= 0.3 is 0 Å². The molecular weight excluding hydrogens is 349 g/mol. The SMILES string of the molecule is Cc1cccc(C)c1-c1nc(Nc2ccc(F)cc2)c2nc(N)sc2n1. The summed E-state index contributed by atoms with van der Waals surface area (Å²) in [4.78, 5) is 14.4. The molecule has 4 aromatic rings. The Morgan fingerprint density at radius 1 is 0.962 bits per heavy atom. The fraction of sp³-hybridized carbons (Fsp3) is 0.105. The summed E-state index contributed by atoms with van der Waals surface area (Å²) in [6.07, 6.45) is 0. The van der Waals surface area contributed by atoms with E-state index < -0.39 is 0 Å². The van der Waals surface area contributed by atoms with Crippen molar-refractivity contribution in [2.75, 3.05) is 11.1 Å². The minimum Gasteiger partial charge on any atom is -0.375 e. The molecule has 130 valence electrons. The van der Waals surface area contributed by atoms with Crippen LogP contribution in [0.5, 0.6) is 0 Å². The first-order valence-electron chi connectivity index (χ1n) is 8.04. The molecule has 2 aromatic carbocycles. The second-order valence-electron chi connectivity index (χ2n) is 6.00. The second kappa shape index (κ2) is 6.34. The fourth-order valence-electron chi connectivity index (χ4n) is 2.87. The quantitative estimate of drug-likeness (QED) is 0.543. The Bertz CT molecular complexity index is 1080. The van der Waals surface area contributed by atoms with E-state index in [1.54, 1.807) is 12.1 Å². The van der Waals surface area contributed by atoms with Crippen molar-refractivity contribution in [3.8, 4) is 11.4 Å². The van der Waals surface area contributed by atoms with Crippen molar-refractivity contribution in [3.63, 3.8) is 0 Å². The largest absolute Gasteiger partial charge is 0.375 e. The monoisotopic (exact) mass is 365 g/mol. The first kappa shape index (κ1) is 16.4. The van der Waals surface area contributed by atoms with Gasteiger partial charge in [0.2, 0.25) is 0 Å².